The molecule has 0 bridgehead atoms. The highest BCUT2D eigenvalue weighted by molar-refractivity contribution is 5.59. The Hall–Kier alpha value is -2.96. The van der Waals surface area contributed by atoms with Gasteiger partial charge in [-0.15, -0.1) is 0 Å². The number of benzene rings is 1. The largest absolute Gasteiger partial charge is 0.396 e. The molecule has 5 rings (SSSR count). The quantitative estimate of drug-likeness (QED) is 0.440. The number of nitrogens with zero attached hydrogens (tertiary/aromatic N) is 4. The maximum atomic E-state index is 9.98. The van der Waals surface area contributed by atoms with Crippen molar-refractivity contribution >= 4 is 0 Å². The van der Waals surface area contributed by atoms with Crippen molar-refractivity contribution in [2.24, 2.45) is 23.5 Å². The zero-order valence-electron chi connectivity index (χ0n) is 19.3. The first-order chi connectivity index (χ1) is 16.6. The van der Waals surface area contributed by atoms with Crippen LogP contribution in [0.5, 0.6) is 0 Å². The summed E-state index contributed by atoms with van der Waals surface area (Å²) in [7, 11) is 0. The van der Waals surface area contributed by atoms with Gasteiger partial charge in [-0.05, 0) is 49.4 Å². The fraction of sp³-hybridized carbons (Fsp3) is 0.462. The van der Waals surface area contributed by atoms with E-state index < -0.39 is 6.10 Å². The van der Waals surface area contributed by atoms with Crippen LogP contribution < -0.4 is 5.73 Å². The predicted molar refractivity (Wildman–Crippen MR) is 127 cm³/mol. The van der Waals surface area contributed by atoms with Gasteiger partial charge in [-0.1, -0.05) is 17.0 Å². The van der Waals surface area contributed by atoms with E-state index in [1.807, 2.05) is 34.9 Å². The molecule has 8 heteroatoms. The second-order valence-corrected chi connectivity index (χ2v) is 9.27. The highest BCUT2D eigenvalue weighted by Crippen LogP contribution is 2.51. The summed E-state index contributed by atoms with van der Waals surface area (Å²) in [6.07, 6.45) is 3.59. The highest BCUT2D eigenvalue weighted by Gasteiger charge is 2.54. The van der Waals surface area contributed by atoms with Crippen LogP contribution in [0.15, 0.2) is 47.2 Å². The Morgan fingerprint density at radius 1 is 1.24 bits per heavy atom. The van der Waals surface area contributed by atoms with E-state index in [4.69, 9.17) is 15.4 Å². The van der Waals surface area contributed by atoms with Crippen LogP contribution in [0.1, 0.15) is 42.6 Å². The van der Waals surface area contributed by atoms with Gasteiger partial charge < -0.3 is 29.9 Å². The van der Waals surface area contributed by atoms with E-state index in [1.54, 1.807) is 19.3 Å². The van der Waals surface area contributed by atoms with Gasteiger partial charge in [0.1, 0.15) is 17.6 Å². The van der Waals surface area contributed by atoms with Crippen LogP contribution in [0.2, 0.25) is 0 Å². The van der Waals surface area contributed by atoms with Gasteiger partial charge in [0.15, 0.2) is 5.76 Å². The van der Waals surface area contributed by atoms with Crippen molar-refractivity contribution in [3.8, 4) is 23.2 Å². The molecule has 1 aliphatic carbocycles. The Kier molecular flexibility index (Phi) is 6.53. The van der Waals surface area contributed by atoms with Crippen molar-refractivity contribution in [1.82, 2.24) is 19.6 Å². The number of hydrogen-bond acceptors (Lipinski definition) is 7. The minimum Gasteiger partial charge on any atom is -0.396 e. The molecule has 2 aliphatic rings. The molecule has 0 amide bonds. The molecule has 5 atom stereocenters. The lowest BCUT2D eigenvalue weighted by molar-refractivity contribution is 0.182. The Labute approximate surface area is 199 Å². The van der Waals surface area contributed by atoms with Gasteiger partial charge in [-0.3, -0.25) is 0 Å². The molecule has 34 heavy (non-hydrogen) atoms. The van der Waals surface area contributed by atoms with Crippen molar-refractivity contribution in [1.29, 1.82) is 0 Å². The minimum atomic E-state index is -0.704. The standard InChI is InChI=1S/C26H31N5O3/c1-17(33)26-28-9-11-31(26)24(14-27)23-13-25(34-29-23)19-6-3-18(4-7-19)5-8-20-21-15-30(10-2-12-32)16-22(20)21/h3-4,6-7,9,11,13,17,20-22,24,32-33H,2,10,12,14-16,27H2,1H3/t17-,20?,21-,22+,24+/m0/s1. The molecule has 2 fully saturated rings. The average Bonchev–Trinajstić information content (AvgIpc) is 3.35. The van der Waals surface area contributed by atoms with E-state index in [2.05, 4.69) is 26.9 Å². The summed E-state index contributed by atoms with van der Waals surface area (Å²) in [4.78, 5) is 6.67. The predicted octanol–water partition coefficient (Wildman–Crippen LogP) is 2.05. The van der Waals surface area contributed by atoms with Crippen molar-refractivity contribution in [3.63, 3.8) is 0 Å². The van der Waals surface area contributed by atoms with Gasteiger partial charge in [0.2, 0.25) is 0 Å². The molecule has 1 saturated carbocycles. The van der Waals surface area contributed by atoms with E-state index in [9.17, 15) is 5.11 Å². The van der Waals surface area contributed by atoms with E-state index in [0.29, 0.717) is 41.6 Å². The molecule has 0 spiro atoms. The number of aliphatic hydroxyl groups excluding tert-OH is 2. The number of rotatable bonds is 8. The van der Waals surface area contributed by atoms with Crippen LogP contribution in [-0.4, -0.2) is 62.6 Å². The summed E-state index contributed by atoms with van der Waals surface area (Å²) in [5.41, 5.74) is 8.62. The number of aliphatic hydroxyl groups is 2. The van der Waals surface area contributed by atoms with E-state index in [-0.39, 0.29) is 12.6 Å². The average molecular weight is 462 g/mol. The second-order valence-electron chi connectivity index (χ2n) is 9.27. The second kappa shape index (κ2) is 9.72. The number of hydrogen-bond donors (Lipinski definition) is 3. The van der Waals surface area contributed by atoms with Crippen LogP contribution >= 0.6 is 0 Å². The first-order valence-corrected chi connectivity index (χ1v) is 11.9. The molecule has 8 nitrogen and oxygen atoms in total. The van der Waals surface area contributed by atoms with Gasteiger partial charge >= 0.3 is 0 Å². The fourth-order valence-corrected chi connectivity index (χ4v) is 5.06. The van der Waals surface area contributed by atoms with Crippen molar-refractivity contribution in [3.05, 3.63) is 59.8 Å². The molecule has 0 radical (unpaired) electrons. The number of piperidine rings is 1. The van der Waals surface area contributed by atoms with Crippen LogP contribution in [0.3, 0.4) is 0 Å². The molecule has 4 N–H and O–H groups in total. The number of aromatic nitrogens is 3. The van der Waals surface area contributed by atoms with E-state index in [0.717, 1.165) is 37.2 Å². The zero-order valence-corrected chi connectivity index (χ0v) is 19.3. The van der Waals surface area contributed by atoms with Gasteiger partial charge in [0.05, 0.1) is 6.04 Å². The van der Waals surface area contributed by atoms with Crippen molar-refractivity contribution < 1.29 is 14.7 Å². The molecular formula is C26H31N5O3. The van der Waals surface area contributed by atoms with Gasteiger partial charge in [0.25, 0.3) is 0 Å². The monoisotopic (exact) mass is 461 g/mol. The summed E-state index contributed by atoms with van der Waals surface area (Å²) in [6.45, 7) is 5.46. The lowest BCUT2D eigenvalue weighted by atomic mass is 10.1. The zero-order chi connectivity index (χ0) is 23.7. The third-order valence-corrected chi connectivity index (χ3v) is 6.96. The van der Waals surface area contributed by atoms with Crippen molar-refractivity contribution in [2.45, 2.75) is 25.5 Å². The van der Waals surface area contributed by atoms with E-state index >= 15 is 0 Å². The maximum Gasteiger partial charge on any atom is 0.167 e. The van der Waals surface area contributed by atoms with Gasteiger partial charge in [-0.2, -0.15) is 0 Å². The molecule has 1 saturated heterocycles. The minimum absolute atomic E-state index is 0.266. The Morgan fingerprint density at radius 3 is 2.68 bits per heavy atom. The first-order valence-electron chi connectivity index (χ1n) is 11.9. The van der Waals surface area contributed by atoms with Crippen LogP contribution in [0.25, 0.3) is 11.3 Å². The molecular weight excluding hydrogens is 430 g/mol. The van der Waals surface area contributed by atoms with Gasteiger partial charge in [0, 0.05) is 68.3 Å². The number of imidazole rings is 1. The van der Waals surface area contributed by atoms with Crippen molar-refractivity contribution in [2.75, 3.05) is 32.8 Å². The van der Waals surface area contributed by atoms with E-state index in [1.165, 1.54) is 0 Å². The number of nitrogens with two attached hydrogens (primary N) is 1. The lowest BCUT2D eigenvalue weighted by Crippen LogP contribution is -2.26. The Morgan fingerprint density at radius 2 is 2.00 bits per heavy atom. The van der Waals surface area contributed by atoms with Crippen LogP contribution in [-0.2, 0) is 0 Å². The third-order valence-electron chi connectivity index (χ3n) is 6.96. The topological polar surface area (TPSA) is 114 Å². The summed E-state index contributed by atoms with van der Waals surface area (Å²) in [5.74, 6) is 9.89. The molecule has 1 unspecified atom stereocenters. The Balaban J connectivity index is 1.23. The lowest BCUT2D eigenvalue weighted by Gasteiger charge is -2.17. The summed E-state index contributed by atoms with van der Waals surface area (Å²) in [5, 5.41) is 23.2. The molecule has 178 valence electrons. The van der Waals surface area contributed by atoms with Crippen LogP contribution in [0, 0.1) is 29.6 Å². The molecule has 3 heterocycles. The van der Waals surface area contributed by atoms with Crippen LogP contribution in [0.4, 0.5) is 0 Å². The molecule has 1 aromatic carbocycles. The summed E-state index contributed by atoms with van der Waals surface area (Å²) >= 11 is 0. The SMILES string of the molecule is C[C@H](O)c1nccn1[C@H](CN)c1cc(-c2ccc(C#CC3[C@H]4CN(CCCO)C[C@@H]34)cc2)on1. The highest BCUT2D eigenvalue weighted by atomic mass is 16.5. The number of likely N-dealkylation sites (tertiary alicyclic amines) is 1. The number of fused-ring (bicyclic) bond motifs is 1. The smallest absolute Gasteiger partial charge is 0.167 e. The summed E-state index contributed by atoms with van der Waals surface area (Å²) < 4.78 is 7.45. The van der Waals surface area contributed by atoms with Gasteiger partial charge in [-0.25, -0.2) is 4.98 Å². The Bertz CT molecular complexity index is 1160. The normalized spacial score (nSPS) is 23.2. The maximum absolute atomic E-state index is 9.98. The molecule has 1 aliphatic heterocycles. The molecule has 3 aromatic rings. The summed E-state index contributed by atoms with van der Waals surface area (Å²) in [6, 6.07) is 9.63. The molecule has 2 aromatic heterocycles. The first kappa shape index (κ1) is 22.8. The third kappa shape index (κ3) is 4.52. The fourth-order valence-electron chi connectivity index (χ4n) is 5.06.